The first kappa shape index (κ1) is 12.5. The van der Waals surface area contributed by atoms with Crippen molar-refractivity contribution in [3.8, 4) is 0 Å². The van der Waals surface area contributed by atoms with Gasteiger partial charge in [0.1, 0.15) is 0 Å². The molecule has 0 aromatic carbocycles. The summed E-state index contributed by atoms with van der Waals surface area (Å²) in [6.07, 6.45) is 3.73. The second kappa shape index (κ2) is 5.16. The van der Waals surface area contributed by atoms with Crippen LogP contribution in [0.2, 0.25) is 0 Å². The fourth-order valence-electron chi connectivity index (χ4n) is 1.61. The normalized spacial score (nSPS) is 13.9. The number of amides is 1. The van der Waals surface area contributed by atoms with Crippen LogP contribution in [0, 0.1) is 12.8 Å². The molecule has 18 heavy (non-hydrogen) atoms. The Morgan fingerprint density at radius 2 is 2.11 bits per heavy atom. The van der Waals surface area contributed by atoms with Gasteiger partial charge in [0.15, 0.2) is 11.5 Å². The zero-order valence-corrected chi connectivity index (χ0v) is 11.0. The first-order chi connectivity index (χ1) is 8.72. The van der Waals surface area contributed by atoms with Crippen LogP contribution in [0.15, 0.2) is 18.3 Å². The van der Waals surface area contributed by atoms with Crippen molar-refractivity contribution in [2.45, 2.75) is 33.6 Å². The topological polar surface area (TPSA) is 59.3 Å². The van der Waals surface area contributed by atoms with Gasteiger partial charge in [-0.25, -0.2) is 9.50 Å². The summed E-state index contributed by atoms with van der Waals surface area (Å²) < 4.78 is 1.68. The number of hydrogen-bond acceptors (Lipinski definition) is 3. The van der Waals surface area contributed by atoms with Gasteiger partial charge in [-0.3, -0.25) is 4.79 Å². The van der Waals surface area contributed by atoms with E-state index in [0.717, 1.165) is 24.2 Å². The predicted molar refractivity (Wildman–Crippen MR) is 70.4 cm³/mol. The molecule has 2 aromatic rings. The maximum Gasteiger partial charge on any atom is 0.228 e. The molecule has 0 spiro atoms. The number of imidazole rings is 1. The van der Waals surface area contributed by atoms with Gasteiger partial charge in [0.25, 0.3) is 0 Å². The average Bonchev–Trinajstić information content (AvgIpc) is 3.14. The van der Waals surface area contributed by atoms with Crippen LogP contribution < -0.4 is 5.32 Å². The van der Waals surface area contributed by atoms with Crippen molar-refractivity contribution in [3.05, 3.63) is 24.0 Å². The molecule has 96 valence electrons. The van der Waals surface area contributed by atoms with E-state index in [4.69, 9.17) is 0 Å². The molecular formula is C13H18N4O. The lowest BCUT2D eigenvalue weighted by Gasteiger charge is -1.96. The highest BCUT2D eigenvalue weighted by Gasteiger charge is 2.29. The second-order valence-electron chi connectivity index (χ2n) is 4.17. The van der Waals surface area contributed by atoms with Crippen LogP contribution in [0.3, 0.4) is 0 Å². The number of carbonyl (C=O) groups is 1. The summed E-state index contributed by atoms with van der Waals surface area (Å²) in [4.78, 5) is 15.8. The summed E-state index contributed by atoms with van der Waals surface area (Å²) in [5.41, 5.74) is 1.67. The minimum Gasteiger partial charge on any atom is -0.309 e. The van der Waals surface area contributed by atoms with Crippen molar-refractivity contribution in [2.24, 2.45) is 5.92 Å². The quantitative estimate of drug-likeness (QED) is 0.885. The van der Waals surface area contributed by atoms with E-state index in [1.54, 1.807) is 10.7 Å². The third kappa shape index (κ3) is 2.67. The van der Waals surface area contributed by atoms with E-state index in [-0.39, 0.29) is 11.8 Å². The van der Waals surface area contributed by atoms with Gasteiger partial charge in [-0.1, -0.05) is 13.8 Å². The number of carbonyl (C=O) groups excluding carboxylic acids is 1. The van der Waals surface area contributed by atoms with E-state index in [2.05, 4.69) is 15.4 Å². The Kier molecular flexibility index (Phi) is 3.60. The van der Waals surface area contributed by atoms with Gasteiger partial charge in [-0.15, -0.1) is 0 Å². The molecule has 0 bridgehead atoms. The summed E-state index contributed by atoms with van der Waals surface area (Å²) in [6.45, 7) is 5.92. The Balaban J connectivity index is 0.000000574. The lowest BCUT2D eigenvalue weighted by molar-refractivity contribution is -0.117. The minimum atomic E-state index is 0.0696. The molecule has 1 amide bonds. The first-order valence-electron chi connectivity index (χ1n) is 6.36. The highest BCUT2D eigenvalue weighted by atomic mass is 16.2. The molecule has 3 rings (SSSR count). The van der Waals surface area contributed by atoms with Crippen molar-refractivity contribution in [1.82, 2.24) is 14.6 Å². The van der Waals surface area contributed by atoms with Crippen LogP contribution in [0.4, 0.5) is 5.82 Å². The number of aryl methyl sites for hydroxylation is 1. The second-order valence-corrected chi connectivity index (χ2v) is 4.17. The van der Waals surface area contributed by atoms with Gasteiger partial charge in [-0.2, -0.15) is 5.10 Å². The Bertz CT molecular complexity index is 557. The highest BCUT2D eigenvalue weighted by molar-refractivity contribution is 5.93. The van der Waals surface area contributed by atoms with Crippen molar-refractivity contribution in [2.75, 3.05) is 5.32 Å². The zero-order valence-electron chi connectivity index (χ0n) is 11.0. The standard InChI is InChI=1S/C11H12N4O.C2H6/c1-7-2-5-10-12-9(6-15(10)14-7)13-11(16)8-3-4-8;1-2/h2,5-6,8H,3-4H2,1H3,(H,13,16);1-2H3. The number of aromatic nitrogens is 3. The molecule has 0 saturated heterocycles. The Morgan fingerprint density at radius 1 is 1.39 bits per heavy atom. The smallest absolute Gasteiger partial charge is 0.228 e. The van der Waals surface area contributed by atoms with Crippen molar-refractivity contribution >= 4 is 17.4 Å². The van der Waals surface area contributed by atoms with E-state index in [1.807, 2.05) is 32.9 Å². The fourth-order valence-corrected chi connectivity index (χ4v) is 1.61. The molecule has 5 nitrogen and oxygen atoms in total. The molecule has 5 heteroatoms. The van der Waals surface area contributed by atoms with Gasteiger partial charge < -0.3 is 5.32 Å². The maximum absolute atomic E-state index is 11.5. The lowest BCUT2D eigenvalue weighted by atomic mass is 10.4. The molecular weight excluding hydrogens is 228 g/mol. The van der Waals surface area contributed by atoms with Crippen molar-refractivity contribution in [3.63, 3.8) is 0 Å². The molecule has 0 aliphatic heterocycles. The van der Waals surface area contributed by atoms with E-state index < -0.39 is 0 Å². The Morgan fingerprint density at radius 3 is 2.78 bits per heavy atom. The lowest BCUT2D eigenvalue weighted by Crippen LogP contribution is -2.13. The molecule has 0 atom stereocenters. The largest absolute Gasteiger partial charge is 0.309 e. The van der Waals surface area contributed by atoms with Gasteiger partial charge in [-0.05, 0) is 31.9 Å². The first-order valence-corrected chi connectivity index (χ1v) is 6.36. The number of nitrogens with zero attached hydrogens (tertiary/aromatic N) is 3. The van der Waals surface area contributed by atoms with Crippen LogP contribution in [0.5, 0.6) is 0 Å². The van der Waals surface area contributed by atoms with Gasteiger partial charge in [0.05, 0.1) is 11.9 Å². The number of hydrogen-bond donors (Lipinski definition) is 1. The monoisotopic (exact) mass is 246 g/mol. The zero-order chi connectivity index (χ0) is 13.1. The molecule has 1 saturated carbocycles. The number of fused-ring (bicyclic) bond motifs is 1. The molecule has 1 aliphatic carbocycles. The number of anilines is 1. The third-order valence-corrected chi connectivity index (χ3v) is 2.65. The fraction of sp³-hybridized carbons (Fsp3) is 0.462. The van der Waals surface area contributed by atoms with Crippen LogP contribution in [-0.2, 0) is 4.79 Å². The van der Waals surface area contributed by atoms with Gasteiger partial charge in [0, 0.05) is 5.92 Å². The summed E-state index contributed by atoms with van der Waals surface area (Å²) >= 11 is 0. The molecule has 2 heterocycles. The molecule has 1 aliphatic rings. The van der Waals surface area contributed by atoms with E-state index in [0.29, 0.717) is 5.82 Å². The summed E-state index contributed by atoms with van der Waals surface area (Å²) in [7, 11) is 0. The van der Waals surface area contributed by atoms with Crippen LogP contribution in [0.25, 0.3) is 5.65 Å². The predicted octanol–water partition coefficient (Wildman–Crippen LogP) is 2.41. The summed E-state index contributed by atoms with van der Waals surface area (Å²) in [5.74, 6) is 0.842. The summed E-state index contributed by atoms with van der Waals surface area (Å²) in [6, 6.07) is 3.78. The molecule has 0 radical (unpaired) electrons. The third-order valence-electron chi connectivity index (χ3n) is 2.65. The van der Waals surface area contributed by atoms with Gasteiger partial charge in [0.2, 0.25) is 5.91 Å². The molecule has 1 N–H and O–H groups in total. The van der Waals surface area contributed by atoms with Crippen molar-refractivity contribution < 1.29 is 4.79 Å². The SMILES string of the molecule is CC.Cc1ccc2nc(NC(=O)C3CC3)cn2n1. The molecule has 0 unspecified atom stereocenters. The van der Waals surface area contributed by atoms with Crippen LogP contribution in [-0.4, -0.2) is 20.5 Å². The Hall–Kier alpha value is -1.91. The number of rotatable bonds is 2. The maximum atomic E-state index is 11.5. The van der Waals surface area contributed by atoms with Crippen LogP contribution in [0.1, 0.15) is 32.4 Å². The Labute approximate surface area is 106 Å². The summed E-state index contributed by atoms with van der Waals surface area (Å²) in [5, 5.41) is 7.07. The number of nitrogens with one attached hydrogen (secondary N) is 1. The molecule has 1 fully saturated rings. The van der Waals surface area contributed by atoms with E-state index >= 15 is 0 Å². The minimum absolute atomic E-state index is 0.0696. The molecule has 2 aromatic heterocycles. The van der Waals surface area contributed by atoms with E-state index in [1.165, 1.54) is 0 Å². The van der Waals surface area contributed by atoms with Crippen LogP contribution >= 0.6 is 0 Å². The average molecular weight is 246 g/mol. The van der Waals surface area contributed by atoms with E-state index in [9.17, 15) is 4.79 Å². The van der Waals surface area contributed by atoms with Crippen molar-refractivity contribution in [1.29, 1.82) is 0 Å². The highest BCUT2D eigenvalue weighted by Crippen LogP contribution is 2.29. The van der Waals surface area contributed by atoms with Gasteiger partial charge >= 0.3 is 0 Å².